The normalized spacial score (nSPS) is 28.7. The van der Waals surface area contributed by atoms with Crippen LogP contribution in [-0.2, 0) is 7.05 Å². The van der Waals surface area contributed by atoms with Gasteiger partial charge in [-0.15, -0.1) is 0 Å². The summed E-state index contributed by atoms with van der Waals surface area (Å²) in [6.45, 7) is 4.63. The van der Waals surface area contributed by atoms with E-state index >= 15 is 0 Å². The van der Waals surface area contributed by atoms with Crippen LogP contribution in [0.5, 0.6) is 0 Å². The summed E-state index contributed by atoms with van der Waals surface area (Å²) in [4.78, 5) is 0. The smallest absolute Gasteiger partial charge is 0.101 e. The van der Waals surface area contributed by atoms with Crippen LogP contribution >= 0.6 is 0 Å². The molecular formula is C17H24N2O. The molecule has 2 aromatic rings. The number of aromatic nitrogens is 2. The van der Waals surface area contributed by atoms with Gasteiger partial charge in [0.15, 0.2) is 0 Å². The second-order valence-electron chi connectivity index (χ2n) is 6.50. The van der Waals surface area contributed by atoms with E-state index in [9.17, 15) is 5.11 Å². The topological polar surface area (TPSA) is 38.1 Å². The number of benzene rings is 1. The molecule has 1 fully saturated rings. The lowest BCUT2D eigenvalue weighted by Crippen LogP contribution is -2.25. The minimum Gasteiger partial charge on any atom is -0.386 e. The number of aryl methyl sites for hydroxylation is 1. The van der Waals surface area contributed by atoms with Crippen LogP contribution in [0.1, 0.15) is 44.9 Å². The van der Waals surface area contributed by atoms with Crippen LogP contribution in [-0.4, -0.2) is 14.9 Å². The molecule has 3 nitrogen and oxygen atoms in total. The van der Waals surface area contributed by atoms with E-state index in [1.54, 1.807) is 0 Å². The summed E-state index contributed by atoms with van der Waals surface area (Å²) in [6, 6.07) is 8.16. The van der Waals surface area contributed by atoms with E-state index in [0.29, 0.717) is 11.8 Å². The van der Waals surface area contributed by atoms with E-state index in [4.69, 9.17) is 0 Å². The van der Waals surface area contributed by atoms with Gasteiger partial charge >= 0.3 is 0 Å². The Balaban J connectivity index is 1.91. The molecule has 0 saturated heterocycles. The third kappa shape index (κ3) is 2.24. The second-order valence-corrected chi connectivity index (χ2v) is 6.50. The molecule has 20 heavy (non-hydrogen) atoms. The van der Waals surface area contributed by atoms with E-state index in [0.717, 1.165) is 35.4 Å². The van der Waals surface area contributed by atoms with Crippen molar-refractivity contribution in [2.45, 2.75) is 39.2 Å². The van der Waals surface area contributed by atoms with Crippen molar-refractivity contribution >= 4 is 10.9 Å². The van der Waals surface area contributed by atoms with Crippen LogP contribution in [0.25, 0.3) is 10.9 Å². The minimum atomic E-state index is -0.434. The number of para-hydroxylation sites is 1. The standard InChI is InChI=1S/C17H24N2O/c1-11-8-9-13(10-12(11)2)17(20)16-14-6-4-5-7-15(14)19(3)18-16/h4-7,11-13,17,20H,8-10H2,1-3H3. The van der Waals surface area contributed by atoms with E-state index in [1.165, 1.54) is 6.42 Å². The third-order valence-corrected chi connectivity index (χ3v) is 5.15. The number of fused-ring (bicyclic) bond motifs is 1. The van der Waals surface area contributed by atoms with Crippen LogP contribution in [0.3, 0.4) is 0 Å². The Bertz CT molecular complexity index is 604. The van der Waals surface area contributed by atoms with Crippen LogP contribution in [0.4, 0.5) is 0 Å². The van der Waals surface area contributed by atoms with Crippen LogP contribution in [0.2, 0.25) is 0 Å². The van der Waals surface area contributed by atoms with Crippen molar-refractivity contribution in [1.29, 1.82) is 0 Å². The summed E-state index contributed by atoms with van der Waals surface area (Å²) < 4.78 is 1.88. The number of hydrogen-bond acceptors (Lipinski definition) is 2. The van der Waals surface area contributed by atoms with Crippen molar-refractivity contribution in [2.75, 3.05) is 0 Å². The molecule has 1 aromatic heterocycles. The highest BCUT2D eigenvalue weighted by Crippen LogP contribution is 2.40. The lowest BCUT2D eigenvalue weighted by Gasteiger charge is -2.34. The predicted octanol–water partition coefficient (Wildman–Crippen LogP) is 3.68. The Morgan fingerprint density at radius 1 is 1.20 bits per heavy atom. The molecule has 1 saturated carbocycles. The zero-order valence-electron chi connectivity index (χ0n) is 12.6. The molecule has 3 rings (SSSR count). The Labute approximate surface area is 120 Å². The van der Waals surface area contributed by atoms with Crippen LogP contribution in [0, 0.1) is 17.8 Å². The van der Waals surface area contributed by atoms with Gasteiger partial charge in [0.1, 0.15) is 6.10 Å². The largest absolute Gasteiger partial charge is 0.386 e. The van der Waals surface area contributed by atoms with Crippen molar-refractivity contribution in [3.8, 4) is 0 Å². The highest BCUT2D eigenvalue weighted by Gasteiger charge is 2.32. The van der Waals surface area contributed by atoms with Gasteiger partial charge in [-0.2, -0.15) is 5.10 Å². The monoisotopic (exact) mass is 272 g/mol. The summed E-state index contributed by atoms with van der Waals surface area (Å²) in [5.74, 6) is 1.82. The van der Waals surface area contributed by atoms with Gasteiger partial charge in [-0.05, 0) is 36.7 Å². The molecule has 108 valence electrons. The van der Waals surface area contributed by atoms with Crippen molar-refractivity contribution in [2.24, 2.45) is 24.8 Å². The Kier molecular flexibility index (Phi) is 3.55. The molecule has 1 aromatic carbocycles. The van der Waals surface area contributed by atoms with Gasteiger partial charge in [0.05, 0.1) is 11.2 Å². The fraction of sp³-hybridized carbons (Fsp3) is 0.588. The van der Waals surface area contributed by atoms with Gasteiger partial charge in [-0.1, -0.05) is 38.5 Å². The number of aliphatic hydroxyl groups is 1. The molecule has 0 bridgehead atoms. The Morgan fingerprint density at radius 2 is 1.95 bits per heavy atom. The number of rotatable bonds is 2. The van der Waals surface area contributed by atoms with Gasteiger partial charge < -0.3 is 5.11 Å². The fourth-order valence-corrected chi connectivity index (χ4v) is 3.56. The maximum atomic E-state index is 10.8. The van der Waals surface area contributed by atoms with Crippen molar-refractivity contribution in [3.63, 3.8) is 0 Å². The quantitative estimate of drug-likeness (QED) is 0.905. The summed E-state index contributed by atoms with van der Waals surface area (Å²) in [7, 11) is 1.95. The van der Waals surface area contributed by atoms with Crippen molar-refractivity contribution in [3.05, 3.63) is 30.0 Å². The van der Waals surface area contributed by atoms with Crippen molar-refractivity contribution < 1.29 is 5.11 Å². The molecule has 4 atom stereocenters. The van der Waals surface area contributed by atoms with Crippen LogP contribution < -0.4 is 0 Å². The van der Waals surface area contributed by atoms with Crippen molar-refractivity contribution in [1.82, 2.24) is 9.78 Å². The zero-order valence-corrected chi connectivity index (χ0v) is 12.6. The molecule has 1 aliphatic carbocycles. The fourth-order valence-electron chi connectivity index (χ4n) is 3.56. The average molecular weight is 272 g/mol. The molecule has 0 spiro atoms. The molecule has 1 heterocycles. The van der Waals surface area contributed by atoms with E-state index < -0.39 is 6.10 Å². The first-order chi connectivity index (χ1) is 9.58. The van der Waals surface area contributed by atoms with Gasteiger partial charge in [0, 0.05) is 12.4 Å². The lowest BCUT2D eigenvalue weighted by molar-refractivity contribution is 0.0537. The van der Waals surface area contributed by atoms with E-state index in [2.05, 4.69) is 31.1 Å². The first kappa shape index (κ1) is 13.6. The number of nitrogens with zero attached hydrogens (tertiary/aromatic N) is 2. The van der Waals surface area contributed by atoms with E-state index in [-0.39, 0.29) is 0 Å². The van der Waals surface area contributed by atoms with Gasteiger partial charge in [-0.25, -0.2) is 0 Å². The first-order valence-electron chi connectivity index (χ1n) is 7.67. The van der Waals surface area contributed by atoms with Gasteiger partial charge in [0.2, 0.25) is 0 Å². The highest BCUT2D eigenvalue weighted by atomic mass is 16.3. The maximum absolute atomic E-state index is 10.8. The Morgan fingerprint density at radius 3 is 2.70 bits per heavy atom. The highest BCUT2D eigenvalue weighted by molar-refractivity contribution is 5.82. The molecule has 3 heteroatoms. The third-order valence-electron chi connectivity index (χ3n) is 5.15. The maximum Gasteiger partial charge on any atom is 0.101 e. The summed E-state index contributed by atoms with van der Waals surface area (Å²) in [5.41, 5.74) is 1.95. The average Bonchev–Trinajstić information content (AvgIpc) is 2.79. The molecule has 1 N–H and O–H groups in total. The molecule has 0 radical (unpaired) electrons. The summed E-state index contributed by atoms with van der Waals surface area (Å²) in [5, 5.41) is 16.5. The SMILES string of the molecule is CC1CCC(C(O)c2nn(C)c3ccccc23)CC1C. The minimum absolute atomic E-state index is 0.347. The predicted molar refractivity (Wildman–Crippen MR) is 81.3 cm³/mol. The first-order valence-corrected chi connectivity index (χ1v) is 7.67. The molecule has 4 unspecified atom stereocenters. The van der Waals surface area contributed by atoms with E-state index in [1.807, 2.05) is 23.9 Å². The Hall–Kier alpha value is -1.35. The van der Waals surface area contributed by atoms with Crippen LogP contribution in [0.15, 0.2) is 24.3 Å². The summed E-state index contributed by atoms with van der Waals surface area (Å²) >= 11 is 0. The second kappa shape index (κ2) is 5.21. The molecule has 0 aliphatic heterocycles. The molecule has 1 aliphatic rings. The lowest BCUT2D eigenvalue weighted by atomic mass is 9.73. The summed E-state index contributed by atoms with van der Waals surface area (Å²) in [6.07, 6.45) is 2.99. The zero-order chi connectivity index (χ0) is 14.3. The van der Waals surface area contributed by atoms with Gasteiger partial charge in [0.25, 0.3) is 0 Å². The number of aliphatic hydroxyl groups excluding tert-OH is 1. The molecular weight excluding hydrogens is 248 g/mol. The molecule has 0 amide bonds. The van der Waals surface area contributed by atoms with Gasteiger partial charge in [-0.3, -0.25) is 4.68 Å². The number of hydrogen-bond donors (Lipinski definition) is 1.